The summed E-state index contributed by atoms with van der Waals surface area (Å²) < 4.78 is 5.82. The molecule has 0 radical (unpaired) electrons. The van der Waals surface area contributed by atoms with Crippen LogP contribution in [0.3, 0.4) is 0 Å². The average Bonchev–Trinajstić information content (AvgIpc) is 2.60. The van der Waals surface area contributed by atoms with Gasteiger partial charge in [0.1, 0.15) is 0 Å². The molecule has 19 heavy (non-hydrogen) atoms. The quantitative estimate of drug-likeness (QED) is 0.731. The van der Waals surface area contributed by atoms with Crippen LogP contribution in [0.5, 0.6) is 0 Å². The Kier molecular flexibility index (Phi) is 5.13. The smallest absolute Gasteiger partial charge is 0.228 e. The molecule has 0 bridgehead atoms. The molecule has 2 fully saturated rings. The van der Waals surface area contributed by atoms with E-state index in [1.54, 1.807) is 0 Å². The van der Waals surface area contributed by atoms with E-state index < -0.39 is 0 Å². The second kappa shape index (κ2) is 6.45. The Bertz CT molecular complexity index is 323. The molecule has 0 aromatic carbocycles. The summed E-state index contributed by atoms with van der Waals surface area (Å²) in [7, 11) is 0. The van der Waals surface area contributed by atoms with Crippen molar-refractivity contribution >= 4 is 17.5 Å². The van der Waals surface area contributed by atoms with Gasteiger partial charge in [-0.2, -0.15) is 0 Å². The Balaban J connectivity index is 2.12. The van der Waals surface area contributed by atoms with Crippen molar-refractivity contribution in [3.8, 4) is 0 Å². The first kappa shape index (κ1) is 15.1. The van der Waals surface area contributed by atoms with Crippen LogP contribution in [0.15, 0.2) is 0 Å². The van der Waals surface area contributed by atoms with Gasteiger partial charge in [0, 0.05) is 18.5 Å². The molecule has 2 saturated heterocycles. The van der Waals surface area contributed by atoms with Crippen molar-refractivity contribution in [3.05, 3.63) is 0 Å². The van der Waals surface area contributed by atoms with Crippen LogP contribution in [0.4, 0.5) is 0 Å². The summed E-state index contributed by atoms with van der Waals surface area (Å²) in [6, 6.07) is 0.215. The van der Waals surface area contributed by atoms with Gasteiger partial charge in [-0.05, 0) is 32.6 Å². The molecule has 5 unspecified atom stereocenters. The van der Waals surface area contributed by atoms with Gasteiger partial charge in [-0.3, -0.25) is 4.79 Å². The predicted molar refractivity (Wildman–Crippen MR) is 77.4 cm³/mol. The number of halogens is 1. The van der Waals surface area contributed by atoms with Crippen molar-refractivity contribution in [2.75, 3.05) is 12.4 Å². The van der Waals surface area contributed by atoms with E-state index in [1.165, 1.54) is 12.8 Å². The fraction of sp³-hybridized carbons (Fsp3) is 0.933. The van der Waals surface area contributed by atoms with Gasteiger partial charge in [0.15, 0.2) is 0 Å². The maximum absolute atomic E-state index is 12.9. The van der Waals surface area contributed by atoms with Gasteiger partial charge in [0.25, 0.3) is 0 Å². The SMILES string of the molecule is CC1OC(C)C(C(=O)N2CCCCCC2CCl)C1C. The summed E-state index contributed by atoms with van der Waals surface area (Å²) in [6.45, 7) is 7.08. The van der Waals surface area contributed by atoms with E-state index in [1.807, 2.05) is 11.8 Å². The highest BCUT2D eigenvalue weighted by Crippen LogP contribution is 2.34. The molecule has 2 aliphatic heterocycles. The van der Waals surface area contributed by atoms with E-state index >= 15 is 0 Å². The van der Waals surface area contributed by atoms with Crippen molar-refractivity contribution in [1.82, 2.24) is 4.90 Å². The second-order valence-corrected chi connectivity index (χ2v) is 6.43. The van der Waals surface area contributed by atoms with Crippen LogP contribution in [-0.4, -0.2) is 41.5 Å². The van der Waals surface area contributed by atoms with Gasteiger partial charge in [-0.1, -0.05) is 19.8 Å². The largest absolute Gasteiger partial charge is 0.374 e. The van der Waals surface area contributed by atoms with Gasteiger partial charge in [0.2, 0.25) is 5.91 Å². The van der Waals surface area contributed by atoms with Crippen LogP contribution in [0.25, 0.3) is 0 Å². The van der Waals surface area contributed by atoms with E-state index in [0.29, 0.717) is 11.8 Å². The van der Waals surface area contributed by atoms with Crippen molar-refractivity contribution < 1.29 is 9.53 Å². The summed E-state index contributed by atoms with van der Waals surface area (Å²) in [4.78, 5) is 14.9. The summed E-state index contributed by atoms with van der Waals surface area (Å²) >= 11 is 6.07. The Morgan fingerprint density at radius 3 is 2.53 bits per heavy atom. The lowest BCUT2D eigenvalue weighted by Gasteiger charge is -2.33. The van der Waals surface area contributed by atoms with Gasteiger partial charge in [0.05, 0.1) is 18.1 Å². The van der Waals surface area contributed by atoms with Gasteiger partial charge in [-0.15, -0.1) is 11.6 Å². The highest BCUT2D eigenvalue weighted by Gasteiger charge is 2.44. The molecule has 5 atom stereocenters. The zero-order valence-electron chi connectivity index (χ0n) is 12.3. The molecular formula is C15H26ClNO2. The molecule has 0 aromatic rings. The normalized spacial score (nSPS) is 40.2. The Morgan fingerprint density at radius 2 is 1.95 bits per heavy atom. The highest BCUT2D eigenvalue weighted by molar-refractivity contribution is 6.18. The third kappa shape index (κ3) is 3.08. The van der Waals surface area contributed by atoms with Gasteiger partial charge < -0.3 is 9.64 Å². The molecular weight excluding hydrogens is 262 g/mol. The molecule has 2 heterocycles. The first-order valence-corrected chi connectivity index (χ1v) is 8.11. The topological polar surface area (TPSA) is 29.5 Å². The lowest BCUT2D eigenvalue weighted by molar-refractivity contribution is -0.139. The van der Waals surface area contributed by atoms with E-state index in [-0.39, 0.29) is 30.1 Å². The second-order valence-electron chi connectivity index (χ2n) is 6.12. The van der Waals surface area contributed by atoms with E-state index in [2.05, 4.69) is 13.8 Å². The third-order valence-electron chi connectivity index (χ3n) is 4.87. The number of rotatable bonds is 2. The lowest BCUT2D eigenvalue weighted by Crippen LogP contribution is -2.47. The number of amides is 1. The van der Waals surface area contributed by atoms with Crippen LogP contribution in [0.2, 0.25) is 0 Å². The highest BCUT2D eigenvalue weighted by atomic mass is 35.5. The number of likely N-dealkylation sites (tertiary alicyclic amines) is 1. The molecule has 0 saturated carbocycles. The molecule has 1 amide bonds. The zero-order valence-corrected chi connectivity index (χ0v) is 13.0. The average molecular weight is 288 g/mol. The first-order chi connectivity index (χ1) is 9.06. The van der Waals surface area contributed by atoms with Gasteiger partial charge >= 0.3 is 0 Å². The molecule has 0 aliphatic carbocycles. The number of hydrogen-bond acceptors (Lipinski definition) is 2. The Hall–Kier alpha value is -0.280. The monoisotopic (exact) mass is 287 g/mol. The summed E-state index contributed by atoms with van der Waals surface area (Å²) in [5.41, 5.74) is 0. The van der Waals surface area contributed by atoms with Crippen LogP contribution < -0.4 is 0 Å². The van der Waals surface area contributed by atoms with Crippen LogP contribution in [0.1, 0.15) is 46.5 Å². The summed E-state index contributed by atoms with van der Waals surface area (Å²) in [6.07, 6.45) is 4.73. The van der Waals surface area contributed by atoms with Gasteiger partial charge in [-0.25, -0.2) is 0 Å². The van der Waals surface area contributed by atoms with Crippen molar-refractivity contribution in [1.29, 1.82) is 0 Å². The Morgan fingerprint density at radius 1 is 1.21 bits per heavy atom. The number of hydrogen-bond donors (Lipinski definition) is 0. The summed E-state index contributed by atoms with van der Waals surface area (Å²) in [5.74, 6) is 1.11. The van der Waals surface area contributed by atoms with E-state index in [4.69, 9.17) is 16.3 Å². The van der Waals surface area contributed by atoms with Crippen molar-refractivity contribution in [3.63, 3.8) is 0 Å². The van der Waals surface area contributed by atoms with Crippen LogP contribution >= 0.6 is 11.6 Å². The molecule has 0 spiro atoms. The van der Waals surface area contributed by atoms with Crippen LogP contribution in [0, 0.1) is 11.8 Å². The number of ether oxygens (including phenoxy) is 1. The zero-order chi connectivity index (χ0) is 14.0. The fourth-order valence-corrected chi connectivity index (χ4v) is 3.83. The number of alkyl halides is 1. The number of carbonyl (C=O) groups is 1. The maximum atomic E-state index is 12.9. The van der Waals surface area contributed by atoms with Crippen molar-refractivity contribution in [2.24, 2.45) is 11.8 Å². The van der Waals surface area contributed by atoms with E-state index in [0.717, 1.165) is 19.4 Å². The molecule has 2 rings (SSSR count). The lowest BCUT2D eigenvalue weighted by atomic mass is 9.88. The fourth-order valence-electron chi connectivity index (χ4n) is 3.51. The molecule has 3 nitrogen and oxygen atoms in total. The van der Waals surface area contributed by atoms with Crippen LogP contribution in [-0.2, 0) is 9.53 Å². The molecule has 0 aromatic heterocycles. The summed E-state index contributed by atoms with van der Waals surface area (Å²) in [5, 5.41) is 0. The standard InChI is InChI=1S/C15H26ClNO2/c1-10-11(2)19-12(3)14(10)15(18)17-8-6-4-5-7-13(17)9-16/h10-14H,4-9H2,1-3H3. The minimum absolute atomic E-state index is 0.00110. The maximum Gasteiger partial charge on any atom is 0.228 e. The molecule has 110 valence electrons. The minimum Gasteiger partial charge on any atom is -0.374 e. The number of nitrogens with zero attached hydrogens (tertiary/aromatic N) is 1. The minimum atomic E-state index is -0.00110. The molecule has 0 N–H and O–H groups in total. The third-order valence-corrected chi connectivity index (χ3v) is 5.22. The van der Waals surface area contributed by atoms with Crippen molar-refractivity contribution in [2.45, 2.75) is 64.7 Å². The predicted octanol–water partition coefficient (Wildman–Crippen LogP) is 3.06. The number of carbonyl (C=O) groups excluding carboxylic acids is 1. The molecule has 2 aliphatic rings. The Labute approximate surface area is 121 Å². The first-order valence-electron chi connectivity index (χ1n) is 7.58. The molecule has 4 heteroatoms. The van der Waals surface area contributed by atoms with E-state index in [9.17, 15) is 4.79 Å².